The van der Waals surface area contributed by atoms with Gasteiger partial charge in [-0.2, -0.15) is 0 Å². The summed E-state index contributed by atoms with van der Waals surface area (Å²) in [5.74, 6) is 1.58. The molecule has 1 atom stereocenters. The zero-order valence-electron chi connectivity index (χ0n) is 15.8. The van der Waals surface area contributed by atoms with Gasteiger partial charge in [-0.05, 0) is 24.1 Å². The minimum Gasteiger partial charge on any atom is -0.353 e. The van der Waals surface area contributed by atoms with Gasteiger partial charge in [-0.25, -0.2) is 18.4 Å². The van der Waals surface area contributed by atoms with Crippen molar-refractivity contribution in [2.75, 3.05) is 42.6 Å². The summed E-state index contributed by atoms with van der Waals surface area (Å²) in [6.45, 7) is 3.37. The SMILES string of the molecule is O=S1(=O)CC[C@H](N2CCN(c3ncnc4scc(-c5ccc(Cl)cc5)c34)CC2)C1. The summed E-state index contributed by atoms with van der Waals surface area (Å²) in [5.41, 5.74) is 2.23. The van der Waals surface area contributed by atoms with Gasteiger partial charge in [-0.15, -0.1) is 11.3 Å². The first-order chi connectivity index (χ1) is 14.0. The maximum atomic E-state index is 11.8. The Kier molecular flexibility index (Phi) is 4.98. The molecule has 0 bridgehead atoms. The molecule has 5 rings (SSSR count). The molecule has 6 nitrogen and oxygen atoms in total. The van der Waals surface area contributed by atoms with Crippen LogP contribution in [-0.2, 0) is 9.84 Å². The third kappa shape index (κ3) is 3.74. The van der Waals surface area contributed by atoms with Gasteiger partial charge in [-0.1, -0.05) is 23.7 Å². The van der Waals surface area contributed by atoms with E-state index in [9.17, 15) is 8.42 Å². The van der Waals surface area contributed by atoms with Crippen LogP contribution < -0.4 is 4.90 Å². The molecule has 9 heteroatoms. The molecule has 2 aliphatic rings. The molecule has 0 amide bonds. The number of benzene rings is 1. The van der Waals surface area contributed by atoms with Crippen LogP contribution in [0, 0.1) is 0 Å². The number of thiophene rings is 1. The number of sulfone groups is 1. The van der Waals surface area contributed by atoms with E-state index in [0.717, 1.165) is 64.8 Å². The normalized spacial score (nSPS) is 22.4. The number of rotatable bonds is 3. The van der Waals surface area contributed by atoms with E-state index in [1.807, 2.05) is 24.3 Å². The smallest absolute Gasteiger partial charge is 0.151 e. The van der Waals surface area contributed by atoms with Crippen LogP contribution in [-0.4, -0.2) is 67.0 Å². The second-order valence-corrected chi connectivity index (χ2v) is 11.1. The van der Waals surface area contributed by atoms with E-state index < -0.39 is 9.84 Å². The van der Waals surface area contributed by atoms with Crippen molar-refractivity contribution >= 4 is 48.8 Å². The standard InChI is InChI=1S/C20H21ClN4O2S2/c21-15-3-1-14(2-4-15)17-11-28-20-18(17)19(22-13-23-20)25-8-6-24(7-9-25)16-5-10-29(26,27)12-16/h1-4,11,13,16H,5-10,12H2/t16-/m0/s1. The van der Waals surface area contributed by atoms with Crippen LogP contribution in [0.15, 0.2) is 36.0 Å². The van der Waals surface area contributed by atoms with E-state index in [2.05, 4.69) is 25.1 Å². The Balaban J connectivity index is 1.41. The molecule has 0 spiro atoms. The summed E-state index contributed by atoms with van der Waals surface area (Å²) in [7, 11) is -2.86. The quantitative estimate of drug-likeness (QED) is 0.612. The summed E-state index contributed by atoms with van der Waals surface area (Å²) < 4.78 is 23.6. The van der Waals surface area contributed by atoms with Gasteiger partial charge in [0.05, 0.1) is 16.9 Å². The van der Waals surface area contributed by atoms with Crippen molar-refractivity contribution in [1.29, 1.82) is 0 Å². The largest absolute Gasteiger partial charge is 0.353 e. The summed E-state index contributed by atoms with van der Waals surface area (Å²) in [4.78, 5) is 14.7. The maximum Gasteiger partial charge on any atom is 0.151 e. The van der Waals surface area contributed by atoms with Gasteiger partial charge in [0.2, 0.25) is 0 Å². The Morgan fingerprint density at radius 3 is 2.52 bits per heavy atom. The lowest BCUT2D eigenvalue weighted by Crippen LogP contribution is -2.51. The fourth-order valence-electron chi connectivity index (χ4n) is 4.30. The highest BCUT2D eigenvalue weighted by Gasteiger charge is 2.34. The van der Waals surface area contributed by atoms with E-state index in [-0.39, 0.29) is 6.04 Å². The van der Waals surface area contributed by atoms with Gasteiger partial charge in [0, 0.05) is 48.2 Å². The van der Waals surface area contributed by atoms with Crippen LogP contribution in [0.5, 0.6) is 0 Å². The maximum absolute atomic E-state index is 11.8. The number of hydrogen-bond donors (Lipinski definition) is 0. The van der Waals surface area contributed by atoms with Gasteiger partial charge in [-0.3, -0.25) is 4.90 Å². The average Bonchev–Trinajstić information content (AvgIpc) is 3.32. The number of hydrogen-bond acceptors (Lipinski definition) is 7. The molecule has 4 heterocycles. The Morgan fingerprint density at radius 1 is 1.07 bits per heavy atom. The zero-order chi connectivity index (χ0) is 20.0. The first-order valence-electron chi connectivity index (χ1n) is 9.68. The van der Waals surface area contributed by atoms with Crippen LogP contribution in [0.1, 0.15) is 6.42 Å². The van der Waals surface area contributed by atoms with Crippen molar-refractivity contribution in [3.05, 3.63) is 41.0 Å². The van der Waals surface area contributed by atoms with Gasteiger partial charge >= 0.3 is 0 Å². The van der Waals surface area contributed by atoms with Gasteiger partial charge in [0.1, 0.15) is 17.0 Å². The average molecular weight is 449 g/mol. The third-order valence-electron chi connectivity index (χ3n) is 5.84. The fourth-order valence-corrected chi connectivity index (χ4v) is 7.10. The molecule has 0 radical (unpaired) electrons. The summed E-state index contributed by atoms with van der Waals surface area (Å²) in [5, 5.41) is 3.93. The summed E-state index contributed by atoms with van der Waals surface area (Å²) in [6.07, 6.45) is 2.39. The molecular formula is C20H21ClN4O2S2. The molecule has 1 aromatic carbocycles. The Bertz CT molecular complexity index is 1140. The number of anilines is 1. The van der Waals surface area contributed by atoms with Gasteiger partial charge < -0.3 is 4.90 Å². The number of fused-ring (bicyclic) bond motifs is 1. The van der Waals surface area contributed by atoms with E-state index in [0.29, 0.717) is 11.5 Å². The minimum atomic E-state index is -2.86. The molecule has 0 aliphatic carbocycles. The lowest BCUT2D eigenvalue weighted by atomic mass is 10.1. The third-order valence-corrected chi connectivity index (χ3v) is 8.73. The first kappa shape index (κ1) is 19.2. The van der Waals surface area contributed by atoms with Crippen molar-refractivity contribution in [2.24, 2.45) is 0 Å². The first-order valence-corrected chi connectivity index (χ1v) is 12.8. The van der Waals surface area contributed by atoms with Crippen LogP contribution >= 0.6 is 22.9 Å². The zero-order valence-corrected chi connectivity index (χ0v) is 18.2. The Morgan fingerprint density at radius 2 is 1.83 bits per heavy atom. The lowest BCUT2D eigenvalue weighted by Gasteiger charge is -2.38. The molecular weight excluding hydrogens is 428 g/mol. The predicted octanol–water partition coefficient (Wildman–Crippen LogP) is 3.32. The molecule has 0 saturated carbocycles. The highest BCUT2D eigenvalue weighted by molar-refractivity contribution is 7.91. The number of nitrogens with zero attached hydrogens (tertiary/aromatic N) is 4. The lowest BCUT2D eigenvalue weighted by molar-refractivity contribution is 0.200. The molecule has 0 N–H and O–H groups in total. The van der Waals surface area contributed by atoms with Gasteiger partial charge in [0.25, 0.3) is 0 Å². The molecule has 152 valence electrons. The van der Waals surface area contributed by atoms with E-state index in [1.165, 1.54) is 0 Å². The Labute approximate surface area is 179 Å². The molecule has 2 aromatic heterocycles. The monoisotopic (exact) mass is 448 g/mol. The van der Waals surface area contributed by atoms with Crippen LogP contribution in [0.2, 0.25) is 5.02 Å². The molecule has 29 heavy (non-hydrogen) atoms. The highest BCUT2D eigenvalue weighted by Crippen LogP contribution is 2.38. The minimum absolute atomic E-state index is 0.165. The fraction of sp³-hybridized carbons (Fsp3) is 0.400. The summed E-state index contributed by atoms with van der Waals surface area (Å²) in [6, 6.07) is 8.02. The predicted molar refractivity (Wildman–Crippen MR) is 119 cm³/mol. The second kappa shape index (κ2) is 7.50. The molecule has 2 saturated heterocycles. The molecule has 2 aliphatic heterocycles. The van der Waals surface area contributed by atoms with Crippen molar-refractivity contribution in [2.45, 2.75) is 12.5 Å². The van der Waals surface area contributed by atoms with Crippen LogP contribution in [0.3, 0.4) is 0 Å². The van der Waals surface area contributed by atoms with Crippen molar-refractivity contribution in [1.82, 2.24) is 14.9 Å². The number of aromatic nitrogens is 2. The Hall–Kier alpha value is -1.74. The summed E-state index contributed by atoms with van der Waals surface area (Å²) >= 11 is 7.68. The molecule has 3 aromatic rings. The number of halogens is 1. The van der Waals surface area contributed by atoms with Crippen LogP contribution in [0.4, 0.5) is 5.82 Å². The van der Waals surface area contributed by atoms with Crippen molar-refractivity contribution < 1.29 is 8.42 Å². The van der Waals surface area contributed by atoms with E-state index in [1.54, 1.807) is 17.7 Å². The van der Waals surface area contributed by atoms with E-state index in [4.69, 9.17) is 11.6 Å². The van der Waals surface area contributed by atoms with Gasteiger partial charge in [0.15, 0.2) is 9.84 Å². The van der Waals surface area contributed by atoms with Crippen LogP contribution in [0.25, 0.3) is 21.3 Å². The number of piperazine rings is 1. The van der Waals surface area contributed by atoms with E-state index >= 15 is 0 Å². The highest BCUT2D eigenvalue weighted by atomic mass is 35.5. The van der Waals surface area contributed by atoms with Crippen molar-refractivity contribution in [3.63, 3.8) is 0 Å². The second-order valence-electron chi connectivity index (χ2n) is 7.61. The topological polar surface area (TPSA) is 66.4 Å². The molecule has 2 fully saturated rings. The van der Waals surface area contributed by atoms with Crippen molar-refractivity contribution in [3.8, 4) is 11.1 Å². The molecule has 0 unspecified atom stereocenters.